The molecule has 1 aliphatic rings. The number of hydrogen-bond donors (Lipinski definition) is 1. The first-order valence-corrected chi connectivity index (χ1v) is 10.8. The summed E-state index contributed by atoms with van der Waals surface area (Å²) in [6.07, 6.45) is 0.378. The molecule has 0 aromatic heterocycles. The molecule has 0 saturated carbocycles. The number of ether oxygens (including phenoxy) is 3. The molecule has 32 heavy (non-hydrogen) atoms. The molecule has 0 spiro atoms. The SMILES string of the molecule is COc1ccc(NC(=O)CCC(=O)N2CCN(CCOc3ccc(OC)cc3)CC2)cc1. The van der Waals surface area contributed by atoms with Gasteiger partial charge in [-0.25, -0.2) is 0 Å². The number of nitrogens with one attached hydrogen (secondary N) is 1. The van der Waals surface area contributed by atoms with Crippen molar-refractivity contribution in [2.75, 3.05) is 58.9 Å². The van der Waals surface area contributed by atoms with Gasteiger partial charge in [-0.2, -0.15) is 0 Å². The zero-order chi connectivity index (χ0) is 22.8. The summed E-state index contributed by atoms with van der Waals surface area (Å²) in [6.45, 7) is 4.33. The highest BCUT2D eigenvalue weighted by Crippen LogP contribution is 2.17. The van der Waals surface area contributed by atoms with Crippen LogP contribution < -0.4 is 19.5 Å². The number of benzene rings is 2. The third-order valence-corrected chi connectivity index (χ3v) is 5.40. The topological polar surface area (TPSA) is 80.3 Å². The van der Waals surface area contributed by atoms with E-state index in [1.165, 1.54) is 0 Å². The molecule has 0 bridgehead atoms. The second-order valence-corrected chi connectivity index (χ2v) is 7.52. The third kappa shape index (κ3) is 7.16. The number of piperazine rings is 1. The van der Waals surface area contributed by atoms with Crippen molar-refractivity contribution in [1.82, 2.24) is 9.80 Å². The predicted octanol–water partition coefficient (Wildman–Crippen LogP) is 2.65. The van der Waals surface area contributed by atoms with Gasteiger partial charge in [-0.1, -0.05) is 0 Å². The summed E-state index contributed by atoms with van der Waals surface area (Å²) in [7, 11) is 3.23. The van der Waals surface area contributed by atoms with Crippen LogP contribution in [-0.4, -0.2) is 75.2 Å². The molecule has 2 aromatic rings. The first-order chi connectivity index (χ1) is 15.6. The number of methoxy groups -OCH3 is 2. The summed E-state index contributed by atoms with van der Waals surface area (Å²) < 4.78 is 16.0. The highest BCUT2D eigenvalue weighted by atomic mass is 16.5. The van der Waals surface area contributed by atoms with Gasteiger partial charge in [0, 0.05) is 51.3 Å². The van der Waals surface area contributed by atoms with Crippen molar-refractivity contribution in [1.29, 1.82) is 0 Å². The maximum atomic E-state index is 12.5. The number of amides is 2. The van der Waals surface area contributed by atoms with Crippen LogP contribution in [0.3, 0.4) is 0 Å². The number of carbonyl (C=O) groups is 2. The Balaban J connectivity index is 1.30. The fraction of sp³-hybridized carbons (Fsp3) is 0.417. The van der Waals surface area contributed by atoms with Gasteiger partial charge >= 0.3 is 0 Å². The second-order valence-electron chi connectivity index (χ2n) is 7.52. The van der Waals surface area contributed by atoms with Gasteiger partial charge in [0.1, 0.15) is 23.9 Å². The van der Waals surface area contributed by atoms with Gasteiger partial charge < -0.3 is 24.4 Å². The van der Waals surface area contributed by atoms with Gasteiger partial charge in [0.2, 0.25) is 11.8 Å². The monoisotopic (exact) mass is 441 g/mol. The number of carbonyl (C=O) groups excluding carboxylic acids is 2. The van der Waals surface area contributed by atoms with Crippen LogP contribution in [0.4, 0.5) is 5.69 Å². The lowest BCUT2D eigenvalue weighted by molar-refractivity contribution is -0.134. The van der Waals surface area contributed by atoms with Gasteiger partial charge in [-0.05, 0) is 48.5 Å². The Morgan fingerprint density at radius 1 is 0.812 bits per heavy atom. The Hall–Kier alpha value is -3.26. The minimum absolute atomic E-state index is 0.0176. The summed E-state index contributed by atoms with van der Waals surface area (Å²) >= 11 is 0. The van der Waals surface area contributed by atoms with Crippen molar-refractivity contribution in [2.45, 2.75) is 12.8 Å². The van der Waals surface area contributed by atoms with Crippen molar-refractivity contribution >= 4 is 17.5 Å². The van der Waals surface area contributed by atoms with Crippen LogP contribution in [0.5, 0.6) is 17.2 Å². The minimum atomic E-state index is -0.169. The molecule has 8 nitrogen and oxygen atoms in total. The van der Waals surface area contributed by atoms with Gasteiger partial charge in [-0.15, -0.1) is 0 Å². The van der Waals surface area contributed by atoms with E-state index in [1.807, 2.05) is 29.2 Å². The molecule has 0 atom stereocenters. The van der Waals surface area contributed by atoms with E-state index in [2.05, 4.69) is 10.2 Å². The van der Waals surface area contributed by atoms with Gasteiger partial charge in [-0.3, -0.25) is 14.5 Å². The molecule has 1 fully saturated rings. The van der Waals surface area contributed by atoms with Crippen molar-refractivity contribution in [3.63, 3.8) is 0 Å². The van der Waals surface area contributed by atoms with E-state index in [0.717, 1.165) is 36.9 Å². The molecule has 1 N–H and O–H groups in total. The van der Waals surface area contributed by atoms with Crippen LogP contribution in [-0.2, 0) is 9.59 Å². The summed E-state index contributed by atoms with van der Waals surface area (Å²) in [5, 5.41) is 2.81. The van der Waals surface area contributed by atoms with Crippen LogP contribution in [0.25, 0.3) is 0 Å². The molecular weight excluding hydrogens is 410 g/mol. The zero-order valence-corrected chi connectivity index (χ0v) is 18.7. The van der Waals surface area contributed by atoms with E-state index in [1.54, 1.807) is 38.5 Å². The molecule has 0 radical (unpaired) electrons. The summed E-state index contributed by atoms with van der Waals surface area (Å²) in [4.78, 5) is 28.7. The van der Waals surface area contributed by atoms with E-state index >= 15 is 0 Å². The largest absolute Gasteiger partial charge is 0.497 e. The second kappa shape index (κ2) is 12.0. The first-order valence-electron chi connectivity index (χ1n) is 10.8. The standard InChI is InChI=1S/C24H31N3O5/c1-30-20-5-3-19(4-6-20)25-23(28)11-12-24(29)27-15-13-26(14-16-27)17-18-32-22-9-7-21(31-2)8-10-22/h3-10H,11-18H2,1-2H3,(H,25,28). The van der Waals surface area contributed by atoms with E-state index < -0.39 is 0 Å². The van der Waals surface area contributed by atoms with Crippen LogP contribution in [0, 0.1) is 0 Å². The average Bonchev–Trinajstić information content (AvgIpc) is 2.84. The molecule has 1 heterocycles. The maximum absolute atomic E-state index is 12.5. The zero-order valence-electron chi connectivity index (χ0n) is 18.7. The molecule has 3 rings (SSSR count). The van der Waals surface area contributed by atoms with Crippen molar-refractivity contribution < 1.29 is 23.8 Å². The number of nitrogens with zero attached hydrogens (tertiary/aromatic N) is 2. The minimum Gasteiger partial charge on any atom is -0.497 e. The average molecular weight is 442 g/mol. The van der Waals surface area contributed by atoms with Gasteiger partial charge in [0.05, 0.1) is 14.2 Å². The Morgan fingerprint density at radius 2 is 1.38 bits per heavy atom. The lowest BCUT2D eigenvalue weighted by atomic mass is 10.2. The fourth-order valence-corrected chi connectivity index (χ4v) is 3.46. The highest BCUT2D eigenvalue weighted by molar-refractivity contribution is 5.93. The van der Waals surface area contributed by atoms with Crippen molar-refractivity contribution in [3.05, 3.63) is 48.5 Å². The van der Waals surface area contributed by atoms with E-state index in [0.29, 0.717) is 25.4 Å². The maximum Gasteiger partial charge on any atom is 0.224 e. The molecule has 0 aliphatic carbocycles. The molecule has 1 aliphatic heterocycles. The van der Waals surface area contributed by atoms with Crippen LogP contribution in [0.2, 0.25) is 0 Å². The molecule has 0 unspecified atom stereocenters. The summed E-state index contributed by atoms with van der Waals surface area (Å²) in [6, 6.07) is 14.6. The quantitative estimate of drug-likeness (QED) is 0.611. The molecule has 172 valence electrons. The van der Waals surface area contributed by atoms with Crippen LogP contribution in [0.1, 0.15) is 12.8 Å². The molecule has 2 aromatic carbocycles. The van der Waals surface area contributed by atoms with Crippen LogP contribution >= 0.6 is 0 Å². The number of rotatable bonds is 10. The Morgan fingerprint density at radius 3 is 1.97 bits per heavy atom. The third-order valence-electron chi connectivity index (χ3n) is 5.40. The normalized spacial score (nSPS) is 14.0. The van der Waals surface area contributed by atoms with Gasteiger partial charge in [0.25, 0.3) is 0 Å². The number of anilines is 1. The van der Waals surface area contributed by atoms with Gasteiger partial charge in [0.15, 0.2) is 0 Å². The fourth-order valence-electron chi connectivity index (χ4n) is 3.46. The first kappa shape index (κ1) is 23.4. The molecule has 8 heteroatoms. The smallest absolute Gasteiger partial charge is 0.224 e. The Bertz CT molecular complexity index is 862. The summed E-state index contributed by atoms with van der Waals surface area (Å²) in [5.41, 5.74) is 0.689. The van der Waals surface area contributed by atoms with Crippen LogP contribution in [0.15, 0.2) is 48.5 Å². The Kier molecular flexibility index (Phi) is 8.74. The predicted molar refractivity (Wildman–Crippen MR) is 122 cm³/mol. The van der Waals surface area contributed by atoms with E-state index in [4.69, 9.17) is 14.2 Å². The van der Waals surface area contributed by atoms with Crippen molar-refractivity contribution in [3.8, 4) is 17.2 Å². The number of hydrogen-bond acceptors (Lipinski definition) is 6. The lowest BCUT2D eigenvalue weighted by Crippen LogP contribution is -2.49. The molecule has 2 amide bonds. The Labute approximate surface area is 189 Å². The lowest BCUT2D eigenvalue weighted by Gasteiger charge is -2.34. The molecule has 1 saturated heterocycles. The van der Waals surface area contributed by atoms with Crippen molar-refractivity contribution in [2.24, 2.45) is 0 Å². The summed E-state index contributed by atoms with van der Waals surface area (Å²) in [5.74, 6) is 2.19. The van der Waals surface area contributed by atoms with E-state index in [-0.39, 0.29) is 24.7 Å². The van der Waals surface area contributed by atoms with E-state index in [9.17, 15) is 9.59 Å². The molecular formula is C24H31N3O5. The highest BCUT2D eigenvalue weighted by Gasteiger charge is 2.21.